The van der Waals surface area contributed by atoms with E-state index in [0.29, 0.717) is 5.69 Å². The number of sulfonamides is 1. The first-order valence-electron chi connectivity index (χ1n) is 6.35. The van der Waals surface area contributed by atoms with Gasteiger partial charge >= 0.3 is 0 Å². The topological polar surface area (TPSA) is 62.3 Å². The number of fused-ring (bicyclic) bond motifs is 1. The van der Waals surface area contributed by atoms with Crippen LogP contribution in [0.15, 0.2) is 47.6 Å². The molecule has 1 aromatic carbocycles. The molecule has 1 N–H and O–H groups in total. The molecule has 104 valence electrons. The lowest BCUT2D eigenvalue weighted by molar-refractivity contribution is 0.594. The standard InChI is InChI=1S/C14H15N3O2S/c1-17(12-3-2-7-15-10-12)20(18,19)13-5-4-11-6-8-16-14(11)9-13/h2-5,7,9-10,16H,6,8H2,1H3. The van der Waals surface area contributed by atoms with Crippen LogP contribution in [0, 0.1) is 0 Å². The third kappa shape index (κ3) is 2.12. The number of nitrogens with one attached hydrogen (secondary N) is 1. The fourth-order valence-corrected chi connectivity index (χ4v) is 3.48. The second-order valence-corrected chi connectivity index (χ2v) is 6.65. The van der Waals surface area contributed by atoms with Crippen molar-refractivity contribution in [2.75, 3.05) is 23.2 Å². The number of rotatable bonds is 3. The van der Waals surface area contributed by atoms with Crippen molar-refractivity contribution in [2.24, 2.45) is 0 Å². The Morgan fingerprint density at radius 1 is 1.30 bits per heavy atom. The summed E-state index contributed by atoms with van der Waals surface area (Å²) in [5.74, 6) is 0. The van der Waals surface area contributed by atoms with Crippen LogP contribution in [-0.2, 0) is 16.4 Å². The predicted molar refractivity (Wildman–Crippen MR) is 78.5 cm³/mol. The lowest BCUT2D eigenvalue weighted by atomic mass is 10.2. The number of pyridine rings is 1. The third-order valence-electron chi connectivity index (χ3n) is 3.46. The summed E-state index contributed by atoms with van der Waals surface area (Å²) in [6.07, 6.45) is 4.08. The minimum Gasteiger partial charge on any atom is -0.384 e. The Labute approximate surface area is 118 Å². The van der Waals surface area contributed by atoms with E-state index in [4.69, 9.17) is 0 Å². The van der Waals surface area contributed by atoms with E-state index >= 15 is 0 Å². The SMILES string of the molecule is CN(c1cccnc1)S(=O)(=O)c1ccc2c(c1)NCC2. The Bertz CT molecular complexity index is 729. The molecule has 5 nitrogen and oxygen atoms in total. The van der Waals surface area contributed by atoms with Gasteiger partial charge in [-0.3, -0.25) is 9.29 Å². The third-order valence-corrected chi connectivity index (χ3v) is 5.24. The van der Waals surface area contributed by atoms with Crippen molar-refractivity contribution in [3.8, 4) is 0 Å². The molecule has 0 saturated carbocycles. The van der Waals surface area contributed by atoms with Crippen molar-refractivity contribution in [2.45, 2.75) is 11.3 Å². The van der Waals surface area contributed by atoms with Gasteiger partial charge in [0.2, 0.25) is 0 Å². The first-order valence-corrected chi connectivity index (χ1v) is 7.79. The van der Waals surface area contributed by atoms with Gasteiger partial charge < -0.3 is 5.32 Å². The lowest BCUT2D eigenvalue weighted by Crippen LogP contribution is -2.26. The minimum absolute atomic E-state index is 0.289. The molecule has 6 heteroatoms. The highest BCUT2D eigenvalue weighted by atomic mass is 32.2. The van der Waals surface area contributed by atoms with E-state index in [2.05, 4.69) is 10.3 Å². The van der Waals surface area contributed by atoms with Crippen molar-refractivity contribution >= 4 is 21.4 Å². The fraction of sp³-hybridized carbons (Fsp3) is 0.214. The van der Waals surface area contributed by atoms with Crippen LogP contribution in [0.3, 0.4) is 0 Å². The van der Waals surface area contributed by atoms with Gasteiger partial charge in [0, 0.05) is 25.5 Å². The summed E-state index contributed by atoms with van der Waals surface area (Å²) >= 11 is 0. The van der Waals surface area contributed by atoms with Crippen LogP contribution < -0.4 is 9.62 Å². The summed E-state index contributed by atoms with van der Waals surface area (Å²) in [6.45, 7) is 0.858. The number of nitrogens with zero attached hydrogens (tertiary/aromatic N) is 2. The normalized spacial score (nSPS) is 13.7. The molecule has 0 unspecified atom stereocenters. The predicted octanol–water partition coefficient (Wildman–Crippen LogP) is 1.87. The summed E-state index contributed by atoms with van der Waals surface area (Å²) < 4.78 is 26.5. The molecular weight excluding hydrogens is 274 g/mol. The van der Waals surface area contributed by atoms with Crippen molar-refractivity contribution < 1.29 is 8.42 Å². The molecule has 0 spiro atoms. The van der Waals surface area contributed by atoms with Gasteiger partial charge in [-0.05, 0) is 36.2 Å². The Balaban J connectivity index is 2.00. The van der Waals surface area contributed by atoms with Crippen LogP contribution in [0.5, 0.6) is 0 Å². The molecule has 2 aromatic rings. The smallest absolute Gasteiger partial charge is 0.264 e. The van der Waals surface area contributed by atoms with Crippen LogP contribution in [0.4, 0.5) is 11.4 Å². The first-order chi connectivity index (χ1) is 9.59. The highest BCUT2D eigenvalue weighted by Crippen LogP contribution is 2.28. The number of anilines is 2. The zero-order valence-corrected chi connectivity index (χ0v) is 11.9. The quantitative estimate of drug-likeness (QED) is 0.937. The van der Waals surface area contributed by atoms with Gasteiger partial charge in [-0.25, -0.2) is 8.42 Å². The average molecular weight is 289 g/mol. The molecule has 3 rings (SSSR count). The lowest BCUT2D eigenvalue weighted by Gasteiger charge is -2.19. The van der Waals surface area contributed by atoms with Crippen molar-refractivity contribution in [1.82, 2.24) is 4.98 Å². The van der Waals surface area contributed by atoms with Crippen LogP contribution >= 0.6 is 0 Å². The molecule has 20 heavy (non-hydrogen) atoms. The maximum absolute atomic E-state index is 12.6. The van der Waals surface area contributed by atoms with Crippen LogP contribution in [0.2, 0.25) is 0 Å². The highest BCUT2D eigenvalue weighted by molar-refractivity contribution is 7.92. The Kier molecular flexibility index (Phi) is 3.10. The number of hydrogen-bond donors (Lipinski definition) is 1. The summed E-state index contributed by atoms with van der Waals surface area (Å²) in [6, 6.07) is 8.67. The van der Waals surface area contributed by atoms with Crippen molar-refractivity contribution in [1.29, 1.82) is 0 Å². The molecule has 1 aliphatic rings. The largest absolute Gasteiger partial charge is 0.384 e. The molecular formula is C14H15N3O2S. The van der Waals surface area contributed by atoms with Crippen molar-refractivity contribution in [3.05, 3.63) is 48.3 Å². The highest BCUT2D eigenvalue weighted by Gasteiger charge is 2.23. The van der Waals surface area contributed by atoms with E-state index in [0.717, 1.165) is 24.2 Å². The number of benzene rings is 1. The van der Waals surface area contributed by atoms with E-state index in [9.17, 15) is 8.42 Å². The summed E-state index contributed by atoms with van der Waals surface area (Å²) in [5.41, 5.74) is 2.61. The second-order valence-electron chi connectivity index (χ2n) is 4.68. The second kappa shape index (κ2) is 4.79. The molecule has 0 aliphatic carbocycles. The zero-order chi connectivity index (χ0) is 14.2. The summed E-state index contributed by atoms with van der Waals surface area (Å²) in [7, 11) is -2.03. The first kappa shape index (κ1) is 12.9. The van der Waals surface area contributed by atoms with Gasteiger partial charge in [0.25, 0.3) is 10.0 Å². The maximum atomic E-state index is 12.6. The Morgan fingerprint density at radius 2 is 2.15 bits per heavy atom. The van der Waals surface area contributed by atoms with E-state index in [1.807, 2.05) is 6.07 Å². The molecule has 1 aromatic heterocycles. The molecule has 0 saturated heterocycles. The Morgan fingerprint density at radius 3 is 2.90 bits per heavy atom. The molecule has 1 aliphatic heterocycles. The molecule has 0 radical (unpaired) electrons. The van der Waals surface area contributed by atoms with E-state index in [-0.39, 0.29) is 4.90 Å². The average Bonchev–Trinajstić information content (AvgIpc) is 2.94. The molecule has 0 fully saturated rings. The van der Waals surface area contributed by atoms with E-state index in [1.54, 1.807) is 30.5 Å². The van der Waals surface area contributed by atoms with Crippen LogP contribution in [0.1, 0.15) is 5.56 Å². The molecule has 0 bridgehead atoms. The Hall–Kier alpha value is -2.08. The van der Waals surface area contributed by atoms with Crippen LogP contribution in [-0.4, -0.2) is 27.0 Å². The van der Waals surface area contributed by atoms with Gasteiger partial charge in [0.15, 0.2) is 0 Å². The molecule has 0 amide bonds. The van der Waals surface area contributed by atoms with Gasteiger partial charge in [0.1, 0.15) is 0 Å². The summed E-state index contributed by atoms with van der Waals surface area (Å²) in [5, 5.41) is 3.20. The van der Waals surface area contributed by atoms with E-state index < -0.39 is 10.0 Å². The molecule has 2 heterocycles. The van der Waals surface area contributed by atoms with Crippen molar-refractivity contribution in [3.63, 3.8) is 0 Å². The zero-order valence-electron chi connectivity index (χ0n) is 11.1. The van der Waals surface area contributed by atoms with Gasteiger partial charge in [-0.2, -0.15) is 0 Å². The van der Waals surface area contributed by atoms with Gasteiger partial charge in [-0.15, -0.1) is 0 Å². The minimum atomic E-state index is -3.56. The molecule has 0 atom stereocenters. The van der Waals surface area contributed by atoms with Crippen LogP contribution in [0.25, 0.3) is 0 Å². The van der Waals surface area contributed by atoms with Gasteiger partial charge in [0.05, 0.1) is 16.8 Å². The van der Waals surface area contributed by atoms with E-state index in [1.165, 1.54) is 17.5 Å². The number of aromatic nitrogens is 1. The van der Waals surface area contributed by atoms with Gasteiger partial charge in [-0.1, -0.05) is 6.07 Å². The summed E-state index contributed by atoms with van der Waals surface area (Å²) in [4.78, 5) is 4.24. The fourth-order valence-electron chi connectivity index (χ4n) is 2.27. The maximum Gasteiger partial charge on any atom is 0.264 e. The monoisotopic (exact) mass is 289 g/mol. The number of hydrogen-bond acceptors (Lipinski definition) is 4.